The Hall–Kier alpha value is -2.08. The van der Waals surface area contributed by atoms with E-state index < -0.39 is 6.04 Å². The van der Waals surface area contributed by atoms with E-state index in [1.807, 2.05) is 44.2 Å². The van der Waals surface area contributed by atoms with Crippen LogP contribution in [0.25, 0.3) is 0 Å². The molecule has 3 N–H and O–H groups in total. The Balaban J connectivity index is 1.76. The van der Waals surface area contributed by atoms with E-state index in [1.165, 1.54) is 0 Å². The molecule has 0 saturated carbocycles. The van der Waals surface area contributed by atoms with Gasteiger partial charge in [0.15, 0.2) is 0 Å². The second kappa shape index (κ2) is 7.97. The van der Waals surface area contributed by atoms with E-state index in [9.17, 15) is 9.59 Å². The standard InChI is InChI=1S/C17H25N3O3/c1-12(2)15(18)16(21)19-14-8-9-20(10-14)17(22)23-11-13-6-4-3-5-7-13/h3-7,12,14-15H,8-11,18H2,1-2H3,(H,19,21)/t14-,15-/m0/s1. The average Bonchev–Trinajstić information content (AvgIpc) is 3.01. The summed E-state index contributed by atoms with van der Waals surface area (Å²) in [4.78, 5) is 25.6. The lowest BCUT2D eigenvalue weighted by Crippen LogP contribution is -2.48. The summed E-state index contributed by atoms with van der Waals surface area (Å²) in [5.74, 6) is -0.0761. The van der Waals surface area contributed by atoms with Gasteiger partial charge in [-0.25, -0.2) is 4.79 Å². The molecule has 2 atom stereocenters. The van der Waals surface area contributed by atoms with E-state index in [0.717, 1.165) is 12.0 Å². The number of carbonyl (C=O) groups excluding carboxylic acids is 2. The molecular weight excluding hydrogens is 294 g/mol. The third kappa shape index (κ3) is 4.96. The number of hydrogen-bond acceptors (Lipinski definition) is 4. The lowest BCUT2D eigenvalue weighted by atomic mass is 10.0. The molecule has 1 fully saturated rings. The zero-order valence-electron chi connectivity index (χ0n) is 13.7. The van der Waals surface area contributed by atoms with Gasteiger partial charge in [-0.2, -0.15) is 0 Å². The molecule has 2 amide bonds. The molecule has 1 aromatic carbocycles. The second-order valence-electron chi connectivity index (χ2n) is 6.25. The van der Waals surface area contributed by atoms with E-state index in [1.54, 1.807) is 4.90 Å². The minimum atomic E-state index is -0.519. The fraction of sp³-hybridized carbons (Fsp3) is 0.529. The quantitative estimate of drug-likeness (QED) is 0.861. The lowest BCUT2D eigenvalue weighted by molar-refractivity contribution is -0.123. The largest absolute Gasteiger partial charge is 0.445 e. The smallest absolute Gasteiger partial charge is 0.410 e. The summed E-state index contributed by atoms with van der Waals surface area (Å²) in [6.45, 7) is 5.11. The molecule has 2 rings (SSSR count). The number of nitrogens with one attached hydrogen (secondary N) is 1. The van der Waals surface area contributed by atoms with Crippen LogP contribution in [0, 0.1) is 5.92 Å². The highest BCUT2D eigenvalue weighted by Crippen LogP contribution is 2.12. The summed E-state index contributed by atoms with van der Waals surface area (Å²) in [5, 5.41) is 2.91. The number of benzene rings is 1. The Morgan fingerprint density at radius 2 is 2.04 bits per heavy atom. The van der Waals surface area contributed by atoms with Crippen molar-refractivity contribution in [2.45, 2.75) is 39.0 Å². The number of carbonyl (C=O) groups is 2. The van der Waals surface area contributed by atoms with Crippen molar-refractivity contribution in [1.29, 1.82) is 0 Å². The van der Waals surface area contributed by atoms with Gasteiger partial charge in [-0.3, -0.25) is 4.79 Å². The summed E-state index contributed by atoms with van der Waals surface area (Å²) >= 11 is 0. The number of ether oxygens (including phenoxy) is 1. The molecule has 6 nitrogen and oxygen atoms in total. The fourth-order valence-electron chi connectivity index (χ4n) is 2.45. The molecule has 0 bridgehead atoms. The molecule has 23 heavy (non-hydrogen) atoms. The summed E-state index contributed by atoms with van der Waals surface area (Å²) < 4.78 is 5.30. The zero-order chi connectivity index (χ0) is 16.8. The van der Waals surface area contributed by atoms with Crippen molar-refractivity contribution in [1.82, 2.24) is 10.2 Å². The van der Waals surface area contributed by atoms with Crippen molar-refractivity contribution in [3.05, 3.63) is 35.9 Å². The first-order valence-corrected chi connectivity index (χ1v) is 7.99. The third-order valence-electron chi connectivity index (χ3n) is 4.02. The van der Waals surface area contributed by atoms with Gasteiger partial charge in [0.05, 0.1) is 6.04 Å². The minimum absolute atomic E-state index is 0.0587. The van der Waals surface area contributed by atoms with Gasteiger partial charge in [-0.15, -0.1) is 0 Å². The predicted octanol–water partition coefficient (Wildman–Crippen LogP) is 1.50. The van der Waals surface area contributed by atoms with Gasteiger partial charge < -0.3 is 20.7 Å². The maximum absolute atomic E-state index is 12.1. The number of nitrogens with zero attached hydrogens (tertiary/aromatic N) is 1. The highest BCUT2D eigenvalue weighted by Gasteiger charge is 2.29. The van der Waals surface area contributed by atoms with Crippen LogP contribution in [0.15, 0.2) is 30.3 Å². The summed E-state index contributed by atoms with van der Waals surface area (Å²) in [7, 11) is 0. The van der Waals surface area contributed by atoms with Crippen LogP contribution in [0.4, 0.5) is 4.79 Å². The van der Waals surface area contributed by atoms with Crippen molar-refractivity contribution < 1.29 is 14.3 Å². The normalized spacial score (nSPS) is 18.8. The average molecular weight is 319 g/mol. The summed E-state index contributed by atoms with van der Waals surface area (Å²) in [6.07, 6.45) is 0.371. The number of nitrogens with two attached hydrogens (primary N) is 1. The fourth-order valence-corrected chi connectivity index (χ4v) is 2.45. The van der Waals surface area contributed by atoms with Crippen LogP contribution in [-0.2, 0) is 16.1 Å². The van der Waals surface area contributed by atoms with Crippen molar-refractivity contribution in [3.8, 4) is 0 Å². The molecule has 126 valence electrons. The van der Waals surface area contributed by atoms with Crippen LogP contribution in [0.1, 0.15) is 25.8 Å². The van der Waals surface area contributed by atoms with Crippen molar-refractivity contribution in [3.63, 3.8) is 0 Å². The van der Waals surface area contributed by atoms with Gasteiger partial charge in [0.1, 0.15) is 6.61 Å². The first-order chi connectivity index (χ1) is 11.0. The van der Waals surface area contributed by atoms with Gasteiger partial charge in [0.25, 0.3) is 0 Å². The second-order valence-corrected chi connectivity index (χ2v) is 6.25. The number of amides is 2. The van der Waals surface area contributed by atoms with Crippen LogP contribution >= 0.6 is 0 Å². The molecule has 1 aliphatic rings. The molecule has 0 spiro atoms. The highest BCUT2D eigenvalue weighted by molar-refractivity contribution is 5.82. The Kier molecular flexibility index (Phi) is 5.98. The number of rotatable bonds is 5. The van der Waals surface area contributed by atoms with Crippen molar-refractivity contribution in [2.24, 2.45) is 11.7 Å². The molecule has 1 aliphatic heterocycles. The molecule has 0 aromatic heterocycles. The third-order valence-corrected chi connectivity index (χ3v) is 4.02. The van der Waals surface area contributed by atoms with Gasteiger partial charge in [0, 0.05) is 19.1 Å². The molecule has 0 unspecified atom stereocenters. The minimum Gasteiger partial charge on any atom is -0.445 e. The molecule has 1 heterocycles. The van der Waals surface area contributed by atoms with Gasteiger partial charge in [-0.05, 0) is 17.9 Å². The van der Waals surface area contributed by atoms with Gasteiger partial charge in [-0.1, -0.05) is 44.2 Å². The Labute approximate surface area is 137 Å². The Morgan fingerprint density at radius 1 is 1.35 bits per heavy atom. The monoisotopic (exact) mass is 319 g/mol. The zero-order valence-corrected chi connectivity index (χ0v) is 13.7. The van der Waals surface area contributed by atoms with Gasteiger partial charge in [0.2, 0.25) is 5.91 Å². The van der Waals surface area contributed by atoms with E-state index >= 15 is 0 Å². The van der Waals surface area contributed by atoms with E-state index in [2.05, 4.69) is 5.32 Å². The van der Waals surface area contributed by atoms with Crippen LogP contribution < -0.4 is 11.1 Å². The molecule has 1 aromatic rings. The molecule has 1 saturated heterocycles. The number of likely N-dealkylation sites (tertiary alicyclic amines) is 1. The Bertz CT molecular complexity index is 533. The molecule has 0 radical (unpaired) electrons. The van der Waals surface area contributed by atoms with Crippen LogP contribution in [-0.4, -0.2) is 42.1 Å². The van der Waals surface area contributed by atoms with Crippen LogP contribution in [0.3, 0.4) is 0 Å². The van der Waals surface area contributed by atoms with Crippen LogP contribution in [0.5, 0.6) is 0 Å². The van der Waals surface area contributed by atoms with Crippen molar-refractivity contribution in [2.75, 3.05) is 13.1 Å². The van der Waals surface area contributed by atoms with E-state index in [-0.39, 0.29) is 30.6 Å². The Morgan fingerprint density at radius 3 is 2.70 bits per heavy atom. The summed E-state index contributed by atoms with van der Waals surface area (Å²) in [6, 6.07) is 8.97. The first-order valence-electron chi connectivity index (χ1n) is 7.99. The molecular formula is C17H25N3O3. The molecule has 6 heteroatoms. The topological polar surface area (TPSA) is 84.7 Å². The predicted molar refractivity (Wildman–Crippen MR) is 87.6 cm³/mol. The van der Waals surface area contributed by atoms with Gasteiger partial charge >= 0.3 is 6.09 Å². The van der Waals surface area contributed by atoms with E-state index in [4.69, 9.17) is 10.5 Å². The maximum Gasteiger partial charge on any atom is 0.410 e. The van der Waals surface area contributed by atoms with E-state index in [0.29, 0.717) is 13.1 Å². The summed E-state index contributed by atoms with van der Waals surface area (Å²) in [5.41, 5.74) is 6.78. The van der Waals surface area contributed by atoms with Crippen molar-refractivity contribution >= 4 is 12.0 Å². The van der Waals surface area contributed by atoms with Crippen LogP contribution in [0.2, 0.25) is 0 Å². The SMILES string of the molecule is CC(C)[C@H](N)C(=O)N[C@H]1CCN(C(=O)OCc2ccccc2)C1. The highest BCUT2D eigenvalue weighted by atomic mass is 16.6. The maximum atomic E-state index is 12.1. The molecule has 0 aliphatic carbocycles. The first kappa shape index (κ1) is 17.3. The number of hydrogen-bond donors (Lipinski definition) is 2. The lowest BCUT2D eigenvalue weighted by Gasteiger charge is -2.20.